The Labute approximate surface area is 173 Å². The second-order valence-corrected chi connectivity index (χ2v) is 7.69. The van der Waals surface area contributed by atoms with E-state index < -0.39 is 5.97 Å². The van der Waals surface area contributed by atoms with E-state index in [1.807, 2.05) is 42.5 Å². The van der Waals surface area contributed by atoms with E-state index in [1.165, 1.54) is 0 Å². The molecule has 0 unspecified atom stereocenters. The second kappa shape index (κ2) is 9.02. The maximum Gasteiger partial charge on any atom is 0.303 e. The summed E-state index contributed by atoms with van der Waals surface area (Å²) in [6.07, 6.45) is 0.674. The molecule has 0 fully saturated rings. The first-order valence-electron chi connectivity index (χ1n) is 9.09. The van der Waals surface area contributed by atoms with Crippen LogP contribution in [-0.4, -0.2) is 16.1 Å². The number of carbonyl (C=O) groups is 1. The zero-order valence-electron chi connectivity index (χ0n) is 15.9. The minimum Gasteiger partial charge on any atom is -0.481 e. The van der Waals surface area contributed by atoms with E-state index in [0.717, 1.165) is 38.0 Å². The van der Waals surface area contributed by atoms with Crippen molar-refractivity contribution in [3.63, 3.8) is 0 Å². The fourth-order valence-electron chi connectivity index (χ4n) is 3.16. The van der Waals surface area contributed by atoms with Crippen LogP contribution in [0.2, 0.25) is 0 Å². The Morgan fingerprint density at radius 3 is 2.32 bits per heavy atom. The van der Waals surface area contributed by atoms with Crippen LogP contribution in [0.25, 0.3) is 11.3 Å². The molecule has 1 N–H and O–H groups in total. The number of benzene rings is 2. The van der Waals surface area contributed by atoms with E-state index >= 15 is 0 Å². The standard InChI is InChI=1S/C23H22BrNO3/c1-15-12-19(24)13-16(2)23(15)20-4-3-5-21(25-20)28-14-18-8-6-17(7-9-18)10-11-22(26)27/h3-9,12-13H,10-11,14H2,1-2H3,(H,26,27). The number of carboxylic acids is 1. The smallest absolute Gasteiger partial charge is 0.303 e. The molecule has 144 valence electrons. The first-order valence-corrected chi connectivity index (χ1v) is 9.88. The van der Waals surface area contributed by atoms with Crippen molar-refractivity contribution in [1.29, 1.82) is 0 Å². The second-order valence-electron chi connectivity index (χ2n) is 6.77. The van der Waals surface area contributed by atoms with Crippen molar-refractivity contribution in [3.8, 4) is 17.1 Å². The molecular formula is C23H22BrNO3. The number of carboxylic acid groups (broad SMARTS) is 1. The highest BCUT2D eigenvalue weighted by Crippen LogP contribution is 2.30. The average molecular weight is 440 g/mol. The predicted molar refractivity (Wildman–Crippen MR) is 114 cm³/mol. The van der Waals surface area contributed by atoms with E-state index in [2.05, 4.69) is 46.9 Å². The summed E-state index contributed by atoms with van der Waals surface area (Å²) < 4.78 is 6.94. The molecule has 0 amide bonds. The third-order valence-electron chi connectivity index (χ3n) is 4.51. The molecule has 3 rings (SSSR count). The number of hydrogen-bond donors (Lipinski definition) is 1. The fourth-order valence-corrected chi connectivity index (χ4v) is 3.85. The quantitative estimate of drug-likeness (QED) is 0.510. The lowest BCUT2D eigenvalue weighted by atomic mass is 10.00. The van der Waals surface area contributed by atoms with E-state index in [9.17, 15) is 4.79 Å². The van der Waals surface area contributed by atoms with Gasteiger partial charge in [0.05, 0.1) is 5.69 Å². The summed E-state index contributed by atoms with van der Waals surface area (Å²) >= 11 is 3.53. The van der Waals surface area contributed by atoms with Gasteiger partial charge in [-0.2, -0.15) is 0 Å². The number of hydrogen-bond acceptors (Lipinski definition) is 3. The first-order chi connectivity index (χ1) is 13.4. The zero-order valence-corrected chi connectivity index (χ0v) is 17.5. The minimum absolute atomic E-state index is 0.140. The van der Waals surface area contributed by atoms with Gasteiger partial charge in [-0.3, -0.25) is 4.79 Å². The number of aryl methyl sites for hydroxylation is 3. The third-order valence-corrected chi connectivity index (χ3v) is 4.97. The lowest BCUT2D eigenvalue weighted by Crippen LogP contribution is -2.00. The number of aromatic nitrogens is 1. The SMILES string of the molecule is Cc1cc(Br)cc(C)c1-c1cccc(OCc2ccc(CCC(=O)O)cc2)n1. The highest BCUT2D eigenvalue weighted by atomic mass is 79.9. The van der Waals surface area contributed by atoms with Crippen molar-refractivity contribution in [2.24, 2.45) is 0 Å². The van der Waals surface area contributed by atoms with Crippen LogP contribution < -0.4 is 4.74 Å². The van der Waals surface area contributed by atoms with Crippen LogP contribution in [0, 0.1) is 13.8 Å². The molecule has 5 heteroatoms. The van der Waals surface area contributed by atoms with Gasteiger partial charge in [0.25, 0.3) is 0 Å². The molecule has 0 spiro atoms. The molecule has 0 aliphatic rings. The Morgan fingerprint density at radius 1 is 1.04 bits per heavy atom. The van der Waals surface area contributed by atoms with Gasteiger partial charge in [-0.15, -0.1) is 0 Å². The van der Waals surface area contributed by atoms with Gasteiger partial charge in [0.2, 0.25) is 5.88 Å². The van der Waals surface area contributed by atoms with Crippen LogP contribution in [0.1, 0.15) is 28.7 Å². The van der Waals surface area contributed by atoms with Gasteiger partial charge in [0.15, 0.2) is 0 Å². The van der Waals surface area contributed by atoms with Crippen molar-refractivity contribution in [2.75, 3.05) is 0 Å². The van der Waals surface area contributed by atoms with Gasteiger partial charge in [-0.05, 0) is 60.7 Å². The molecule has 0 aliphatic carbocycles. The molecule has 0 radical (unpaired) electrons. The Bertz CT molecular complexity index is 960. The van der Waals surface area contributed by atoms with Crippen molar-refractivity contribution >= 4 is 21.9 Å². The molecule has 0 aliphatic heterocycles. The van der Waals surface area contributed by atoms with Crippen LogP contribution in [-0.2, 0) is 17.8 Å². The molecule has 1 heterocycles. The monoisotopic (exact) mass is 439 g/mol. The van der Waals surface area contributed by atoms with Crippen LogP contribution in [0.15, 0.2) is 59.1 Å². The van der Waals surface area contributed by atoms with Gasteiger partial charge in [-0.1, -0.05) is 46.3 Å². The number of pyridine rings is 1. The summed E-state index contributed by atoms with van der Waals surface area (Å²) in [5.74, 6) is -0.205. The summed E-state index contributed by atoms with van der Waals surface area (Å²) in [4.78, 5) is 15.3. The van der Waals surface area contributed by atoms with Crippen LogP contribution in [0.5, 0.6) is 5.88 Å². The van der Waals surface area contributed by atoms with Gasteiger partial charge >= 0.3 is 5.97 Å². The number of halogens is 1. The number of rotatable bonds is 7. The zero-order chi connectivity index (χ0) is 20.1. The maximum atomic E-state index is 10.7. The summed E-state index contributed by atoms with van der Waals surface area (Å²) in [5, 5.41) is 8.76. The lowest BCUT2D eigenvalue weighted by Gasteiger charge is -2.12. The van der Waals surface area contributed by atoms with E-state index in [4.69, 9.17) is 9.84 Å². The summed E-state index contributed by atoms with van der Waals surface area (Å²) in [6.45, 7) is 4.57. The van der Waals surface area contributed by atoms with Gasteiger partial charge in [0.1, 0.15) is 6.61 Å². The van der Waals surface area contributed by atoms with Crippen molar-refractivity contribution in [1.82, 2.24) is 4.98 Å². The highest BCUT2D eigenvalue weighted by Gasteiger charge is 2.10. The average Bonchev–Trinajstić information content (AvgIpc) is 2.65. The van der Waals surface area contributed by atoms with E-state index in [-0.39, 0.29) is 6.42 Å². The Morgan fingerprint density at radius 2 is 1.68 bits per heavy atom. The third kappa shape index (κ3) is 5.20. The summed E-state index contributed by atoms with van der Waals surface area (Å²) in [5.41, 5.74) is 6.36. The van der Waals surface area contributed by atoms with Crippen LogP contribution >= 0.6 is 15.9 Å². The van der Waals surface area contributed by atoms with E-state index in [1.54, 1.807) is 0 Å². The highest BCUT2D eigenvalue weighted by molar-refractivity contribution is 9.10. The number of aliphatic carboxylic acids is 1. The first kappa shape index (κ1) is 20.1. The van der Waals surface area contributed by atoms with Crippen molar-refractivity contribution in [3.05, 3.63) is 81.3 Å². The fraction of sp³-hybridized carbons (Fsp3) is 0.217. The van der Waals surface area contributed by atoms with Gasteiger partial charge in [0, 0.05) is 22.5 Å². The summed E-state index contributed by atoms with van der Waals surface area (Å²) in [7, 11) is 0. The van der Waals surface area contributed by atoms with Gasteiger partial charge in [-0.25, -0.2) is 4.98 Å². The van der Waals surface area contributed by atoms with Crippen LogP contribution in [0.3, 0.4) is 0 Å². The predicted octanol–water partition coefficient (Wildman–Crippen LogP) is 5.72. The molecule has 0 atom stereocenters. The lowest BCUT2D eigenvalue weighted by molar-refractivity contribution is -0.136. The van der Waals surface area contributed by atoms with E-state index in [0.29, 0.717) is 18.9 Å². The Hall–Kier alpha value is -2.66. The van der Waals surface area contributed by atoms with Crippen LogP contribution in [0.4, 0.5) is 0 Å². The van der Waals surface area contributed by atoms with Crippen molar-refractivity contribution < 1.29 is 14.6 Å². The Balaban J connectivity index is 1.69. The summed E-state index contributed by atoms with van der Waals surface area (Å²) in [6, 6.07) is 17.8. The molecular weight excluding hydrogens is 418 g/mol. The molecule has 3 aromatic rings. The maximum absolute atomic E-state index is 10.7. The molecule has 0 saturated carbocycles. The normalized spacial score (nSPS) is 10.7. The molecule has 28 heavy (non-hydrogen) atoms. The van der Waals surface area contributed by atoms with Crippen molar-refractivity contribution in [2.45, 2.75) is 33.3 Å². The largest absolute Gasteiger partial charge is 0.481 e. The Kier molecular flexibility index (Phi) is 6.47. The number of nitrogens with zero attached hydrogens (tertiary/aromatic N) is 1. The molecule has 1 aromatic heterocycles. The van der Waals surface area contributed by atoms with Gasteiger partial charge < -0.3 is 9.84 Å². The minimum atomic E-state index is -0.783. The molecule has 4 nitrogen and oxygen atoms in total. The number of ether oxygens (including phenoxy) is 1. The molecule has 2 aromatic carbocycles. The molecule has 0 bridgehead atoms. The molecule has 0 saturated heterocycles. The topological polar surface area (TPSA) is 59.4 Å².